The number of nitrogens with one attached hydrogen (secondary N) is 1. The van der Waals surface area contributed by atoms with Crippen LogP contribution < -0.4 is 19.7 Å². The van der Waals surface area contributed by atoms with E-state index in [9.17, 15) is 4.79 Å². The lowest BCUT2D eigenvalue weighted by atomic mass is 10.2. The Hall–Kier alpha value is -3.61. The van der Waals surface area contributed by atoms with Gasteiger partial charge in [0.15, 0.2) is 5.82 Å². The highest BCUT2D eigenvalue weighted by Gasteiger charge is 2.14. The maximum atomic E-state index is 12.6. The van der Waals surface area contributed by atoms with Crippen molar-refractivity contribution in [1.82, 2.24) is 9.97 Å². The average molecular weight is 364 g/mol. The molecule has 27 heavy (non-hydrogen) atoms. The Morgan fingerprint density at radius 3 is 2.30 bits per heavy atom. The van der Waals surface area contributed by atoms with Crippen molar-refractivity contribution in [2.45, 2.75) is 0 Å². The smallest absolute Gasteiger partial charge is 0.318 e. The summed E-state index contributed by atoms with van der Waals surface area (Å²) >= 11 is 0. The second-order valence-electron chi connectivity index (χ2n) is 5.88. The van der Waals surface area contributed by atoms with Gasteiger partial charge in [-0.3, -0.25) is 4.79 Å². The lowest BCUT2D eigenvalue weighted by Crippen LogP contribution is -2.18. The van der Waals surface area contributed by atoms with Crippen LogP contribution in [0.2, 0.25) is 0 Å². The van der Waals surface area contributed by atoms with Crippen LogP contribution in [0.25, 0.3) is 0 Å². The maximum Gasteiger partial charge on any atom is 0.318 e. The van der Waals surface area contributed by atoms with Crippen molar-refractivity contribution in [2.24, 2.45) is 0 Å². The molecule has 138 valence electrons. The fourth-order valence-corrected chi connectivity index (χ4v) is 2.38. The largest absolute Gasteiger partial charge is 0.467 e. The number of carbonyl (C=O) groups is 1. The predicted molar refractivity (Wildman–Crippen MR) is 104 cm³/mol. The van der Waals surface area contributed by atoms with Gasteiger partial charge < -0.3 is 19.7 Å². The highest BCUT2D eigenvalue weighted by Crippen LogP contribution is 2.25. The summed E-state index contributed by atoms with van der Waals surface area (Å²) in [6.07, 6.45) is 1.52. The summed E-state index contributed by atoms with van der Waals surface area (Å²) in [7, 11) is 5.15. The van der Waals surface area contributed by atoms with E-state index in [1.807, 2.05) is 44.4 Å². The molecule has 0 bridgehead atoms. The van der Waals surface area contributed by atoms with E-state index < -0.39 is 0 Å². The van der Waals surface area contributed by atoms with Crippen molar-refractivity contribution >= 4 is 17.4 Å². The number of hydrogen-bond donors (Lipinski definition) is 1. The van der Waals surface area contributed by atoms with Crippen LogP contribution in [0.5, 0.6) is 17.5 Å². The molecule has 3 aromatic rings. The minimum absolute atomic E-state index is 0.235. The van der Waals surface area contributed by atoms with E-state index in [4.69, 9.17) is 9.47 Å². The Bertz CT molecular complexity index is 912. The van der Waals surface area contributed by atoms with Gasteiger partial charge in [-0.05, 0) is 36.4 Å². The number of aromatic nitrogens is 2. The van der Waals surface area contributed by atoms with Gasteiger partial charge in [0, 0.05) is 19.7 Å². The number of carbonyl (C=O) groups excluding carboxylic acids is 1. The molecule has 0 saturated carbocycles. The Kier molecular flexibility index (Phi) is 5.51. The molecule has 0 unspecified atom stereocenters. The highest BCUT2D eigenvalue weighted by atomic mass is 16.5. The fourth-order valence-electron chi connectivity index (χ4n) is 2.38. The molecule has 7 nitrogen and oxygen atoms in total. The minimum Gasteiger partial charge on any atom is -0.467 e. The summed E-state index contributed by atoms with van der Waals surface area (Å²) in [6, 6.07) is 16.6. The summed E-state index contributed by atoms with van der Waals surface area (Å²) < 4.78 is 10.8. The molecular weight excluding hydrogens is 344 g/mol. The molecule has 0 aliphatic rings. The van der Waals surface area contributed by atoms with E-state index >= 15 is 0 Å². The third-order valence-electron chi connectivity index (χ3n) is 3.70. The number of amides is 1. The van der Waals surface area contributed by atoms with E-state index in [1.54, 1.807) is 29.2 Å². The summed E-state index contributed by atoms with van der Waals surface area (Å²) in [5.41, 5.74) is 0.992. The number of ether oxygens (including phenoxy) is 2. The monoisotopic (exact) mass is 364 g/mol. The van der Waals surface area contributed by atoms with Crippen LogP contribution in [0.15, 0.2) is 60.8 Å². The Labute approximate surface area is 157 Å². The van der Waals surface area contributed by atoms with Gasteiger partial charge in [-0.2, -0.15) is 4.98 Å². The van der Waals surface area contributed by atoms with Gasteiger partial charge in [0.25, 0.3) is 5.91 Å². The van der Waals surface area contributed by atoms with Crippen molar-refractivity contribution < 1.29 is 14.3 Å². The van der Waals surface area contributed by atoms with Crippen LogP contribution in [0.1, 0.15) is 10.4 Å². The van der Waals surface area contributed by atoms with Gasteiger partial charge in [0.05, 0.1) is 13.3 Å². The Morgan fingerprint density at radius 2 is 1.67 bits per heavy atom. The number of hydrogen-bond acceptors (Lipinski definition) is 6. The molecule has 0 fully saturated rings. The lowest BCUT2D eigenvalue weighted by Gasteiger charge is -2.16. The molecular formula is C20H20N4O3. The summed E-state index contributed by atoms with van der Waals surface area (Å²) in [4.78, 5) is 22.6. The van der Waals surface area contributed by atoms with E-state index in [1.165, 1.54) is 13.3 Å². The predicted octanol–water partition coefficient (Wildman–Crippen LogP) is 3.60. The molecule has 7 heteroatoms. The number of methoxy groups -OCH3 is 1. The molecule has 0 aliphatic carbocycles. The molecule has 1 heterocycles. The zero-order valence-electron chi connectivity index (χ0n) is 15.3. The van der Waals surface area contributed by atoms with E-state index in [0.717, 1.165) is 5.75 Å². The molecule has 3 rings (SSSR count). The first kappa shape index (κ1) is 18.2. The van der Waals surface area contributed by atoms with Gasteiger partial charge in [-0.15, -0.1) is 0 Å². The van der Waals surface area contributed by atoms with Crippen LogP contribution in [0.4, 0.5) is 11.5 Å². The Morgan fingerprint density at radius 1 is 1.00 bits per heavy atom. The molecule has 0 atom stereocenters. The van der Waals surface area contributed by atoms with Crippen LogP contribution in [-0.2, 0) is 0 Å². The van der Waals surface area contributed by atoms with Crippen molar-refractivity contribution in [3.63, 3.8) is 0 Å². The number of benzene rings is 2. The van der Waals surface area contributed by atoms with Gasteiger partial charge in [0.2, 0.25) is 0 Å². The van der Waals surface area contributed by atoms with Gasteiger partial charge in [0.1, 0.15) is 17.2 Å². The zero-order chi connectivity index (χ0) is 19.2. The molecule has 0 spiro atoms. The highest BCUT2D eigenvalue weighted by molar-refractivity contribution is 6.05. The zero-order valence-corrected chi connectivity index (χ0v) is 15.3. The third-order valence-corrected chi connectivity index (χ3v) is 3.70. The van der Waals surface area contributed by atoms with Crippen molar-refractivity contribution in [3.05, 3.63) is 66.4 Å². The molecule has 2 aromatic carbocycles. The molecule has 1 amide bonds. The number of anilines is 2. The second kappa shape index (κ2) is 8.18. The van der Waals surface area contributed by atoms with Crippen LogP contribution in [-0.4, -0.2) is 37.1 Å². The topological polar surface area (TPSA) is 76.6 Å². The minimum atomic E-state index is -0.266. The fraction of sp³-hybridized carbons (Fsp3) is 0.150. The first-order chi connectivity index (χ1) is 13.1. The van der Waals surface area contributed by atoms with Crippen molar-refractivity contribution in [2.75, 3.05) is 31.4 Å². The second-order valence-corrected chi connectivity index (χ2v) is 5.88. The van der Waals surface area contributed by atoms with E-state index in [0.29, 0.717) is 22.8 Å². The summed E-state index contributed by atoms with van der Waals surface area (Å²) in [6.45, 7) is 0. The van der Waals surface area contributed by atoms with Crippen LogP contribution >= 0.6 is 0 Å². The number of rotatable bonds is 6. The molecule has 1 N–H and O–H groups in total. The Balaban J connectivity index is 1.73. The standard InChI is InChI=1S/C20H20N4O3/c1-24(2)18-17(13-21-20(23-18)26-3)22-19(25)14-9-11-16(12-10-14)27-15-7-5-4-6-8-15/h4-13H,1-3H3,(H,22,25). The van der Waals surface area contributed by atoms with Gasteiger partial charge in [-0.1, -0.05) is 18.2 Å². The van der Waals surface area contributed by atoms with Crippen molar-refractivity contribution in [3.8, 4) is 17.5 Å². The quantitative estimate of drug-likeness (QED) is 0.720. The molecule has 0 saturated heterocycles. The van der Waals surface area contributed by atoms with Gasteiger partial charge >= 0.3 is 6.01 Å². The maximum absolute atomic E-state index is 12.6. The number of para-hydroxylation sites is 1. The first-order valence-electron chi connectivity index (χ1n) is 8.29. The third kappa shape index (κ3) is 4.52. The van der Waals surface area contributed by atoms with Gasteiger partial charge in [-0.25, -0.2) is 4.98 Å². The van der Waals surface area contributed by atoms with Crippen LogP contribution in [0, 0.1) is 0 Å². The summed E-state index contributed by atoms with van der Waals surface area (Å²) in [5.74, 6) is 1.68. The average Bonchev–Trinajstić information content (AvgIpc) is 2.69. The molecule has 0 radical (unpaired) electrons. The molecule has 1 aromatic heterocycles. The summed E-state index contributed by atoms with van der Waals surface area (Å²) in [5, 5.41) is 2.83. The van der Waals surface area contributed by atoms with E-state index in [2.05, 4.69) is 15.3 Å². The van der Waals surface area contributed by atoms with Crippen LogP contribution in [0.3, 0.4) is 0 Å². The van der Waals surface area contributed by atoms with Crippen molar-refractivity contribution in [1.29, 1.82) is 0 Å². The first-order valence-corrected chi connectivity index (χ1v) is 8.29. The number of nitrogens with zero attached hydrogens (tertiary/aromatic N) is 3. The molecule has 0 aliphatic heterocycles. The van der Waals surface area contributed by atoms with E-state index in [-0.39, 0.29) is 11.9 Å². The lowest BCUT2D eigenvalue weighted by molar-refractivity contribution is 0.102. The normalized spacial score (nSPS) is 10.2. The SMILES string of the molecule is COc1ncc(NC(=O)c2ccc(Oc3ccccc3)cc2)c(N(C)C)n1.